The first kappa shape index (κ1) is 93.3. The van der Waals surface area contributed by atoms with Crippen LogP contribution in [0.2, 0.25) is 0 Å². The smallest absolute Gasteiger partial charge is 0.408 e. The number of anilines is 8. The lowest BCUT2D eigenvalue weighted by Crippen LogP contribution is -2.54. The van der Waals surface area contributed by atoms with Gasteiger partial charge in [0.25, 0.3) is 23.6 Å². The van der Waals surface area contributed by atoms with Gasteiger partial charge in [-0.15, -0.1) is 45.3 Å². The Bertz CT molecular complexity index is 6160. The Labute approximate surface area is 799 Å². The van der Waals surface area contributed by atoms with E-state index in [-0.39, 0.29) is 99.0 Å². The largest absolute Gasteiger partial charge is 0.491 e. The molecular weight excluding hydrogens is 1820 g/mol. The second-order valence-electron chi connectivity index (χ2n) is 37.8. The van der Waals surface area contributed by atoms with Gasteiger partial charge in [0.1, 0.15) is 100 Å². The summed E-state index contributed by atoms with van der Waals surface area (Å²) in [4.78, 5) is 82.5. The molecule has 6 fully saturated rings. The van der Waals surface area contributed by atoms with Crippen molar-refractivity contribution < 1.29 is 64.5 Å². The third-order valence-electron chi connectivity index (χ3n) is 28.2. The summed E-state index contributed by atoms with van der Waals surface area (Å²) >= 11 is 5.19. The number of nitrogens with two attached hydrogens (primary N) is 6. The van der Waals surface area contributed by atoms with Crippen LogP contribution in [-0.4, -0.2) is 169 Å². The van der Waals surface area contributed by atoms with Gasteiger partial charge in [0.15, 0.2) is 0 Å². The van der Waals surface area contributed by atoms with Crippen LogP contribution in [0.3, 0.4) is 0 Å². The van der Waals surface area contributed by atoms with Crippen molar-refractivity contribution in [1.29, 1.82) is 0 Å². The molecule has 8 aliphatic heterocycles. The molecule has 16 N–H and O–H groups in total. The van der Waals surface area contributed by atoms with Gasteiger partial charge in [0, 0.05) is 142 Å². The summed E-state index contributed by atoms with van der Waals surface area (Å²) in [6.45, 7) is 11.5. The molecule has 10 aliphatic rings. The van der Waals surface area contributed by atoms with Gasteiger partial charge in [-0.05, 0) is 237 Å². The van der Waals surface area contributed by atoms with Crippen LogP contribution in [0.15, 0.2) is 121 Å². The number of carbonyl (C=O) groups excluding carboxylic acids is 4. The van der Waals surface area contributed by atoms with E-state index in [1.54, 1.807) is 36.4 Å². The Balaban J connectivity index is 0.000000116. The lowest BCUT2D eigenvalue weighted by Gasteiger charge is -2.41. The molecule has 12 atom stereocenters. The molecule has 0 radical (unpaired) electrons. The molecule has 8 aromatic heterocycles. The predicted molar refractivity (Wildman–Crippen MR) is 527 cm³/mol. The van der Waals surface area contributed by atoms with Gasteiger partial charge in [0.2, 0.25) is 0 Å². The van der Waals surface area contributed by atoms with Crippen molar-refractivity contribution in [2.75, 3.05) is 95.1 Å². The SMILES string of the molecule is Cc1ccc2c(N)c(C(=O)N[C@H]3COc4cc(N5CCC[C@@H]6CCC[C@@H]65)ccc4C3)sc2n1.Cc1ccc2c(N)c(C(=O)N[C@H]3COc4cc(N5CCC[C@H]6CCC[C@H]65)ccc4C3)sc2n1.Cc1ccc2c(N)c(C(=O)N[C@H]3COc4cc(N5C[C@@H](N)CC[C@H]5C(F)(F)F)ccc4C3)sc2n1.Cc1ccc2c(N)c(C(=O)N[C@H]3COc4cc(N5C[C@H](N)CC[C@@H]5C(F)(F)F)ccc4C3)sc2n1. The van der Waals surface area contributed by atoms with E-state index in [1.807, 2.05) is 76.2 Å². The standard InChI is InChI=1S/2C26H30N4O2S.2C24H26F3N5O2S/c2*1-15-7-10-20-23(27)24(33-26(20)28-15)25(31)29-18-12-17-8-9-19(13-22(17)32-14-18)30-11-3-5-16-4-2-6-21(16)30;2*1-12-2-6-17-20(29)21(35-23(17)30-12)22(33)31-15-8-13-3-5-16(9-18(13)34-11-15)32-10-14(28)4-7-19(32)24(25,26)27/h2*7-10,13,16,18,21H,2-6,11-12,14,27H2,1H3,(H,29,31);2*2-3,5-6,9,14-15,19H,4,7-8,10-11,28-29H2,1H3,(H,31,33)/t16-,18+,21-;16-,18-,21-;14-,15+,19-;14-,15-,19-/m0101/s1. The number of hydrogen-bond acceptors (Lipinski definition) is 26. The zero-order chi connectivity index (χ0) is 94.9. The van der Waals surface area contributed by atoms with E-state index in [2.05, 4.69) is 87.4 Å². The van der Waals surface area contributed by atoms with Gasteiger partial charge < -0.3 is 94.2 Å². The fraction of sp³-hybridized carbons (Fsp3) is 0.440. The van der Waals surface area contributed by atoms with E-state index in [1.165, 1.54) is 131 Å². The Morgan fingerprint density at radius 2 is 0.618 bits per heavy atom. The van der Waals surface area contributed by atoms with Gasteiger partial charge in [-0.25, -0.2) is 19.9 Å². The van der Waals surface area contributed by atoms with Crippen molar-refractivity contribution in [3.63, 3.8) is 0 Å². The average molecular weight is 1940 g/mol. The van der Waals surface area contributed by atoms with Crippen LogP contribution in [-0.2, 0) is 25.7 Å². The molecule has 36 heteroatoms. The number of amides is 4. The van der Waals surface area contributed by atoms with Crippen LogP contribution < -0.4 is 94.2 Å². The summed E-state index contributed by atoms with van der Waals surface area (Å²) in [5.74, 6) is 3.78. The number of hydrogen-bond donors (Lipinski definition) is 10. The first-order valence-corrected chi connectivity index (χ1v) is 50.2. The lowest BCUT2D eigenvalue weighted by atomic mass is 9.91. The van der Waals surface area contributed by atoms with Crippen molar-refractivity contribution in [3.8, 4) is 23.0 Å². The van der Waals surface area contributed by atoms with Gasteiger partial charge in [-0.3, -0.25) is 19.2 Å². The number of rotatable bonds is 12. The number of pyridine rings is 4. The number of halogens is 6. The van der Waals surface area contributed by atoms with Crippen LogP contribution >= 0.6 is 45.3 Å². The van der Waals surface area contributed by atoms with Gasteiger partial charge in [-0.2, -0.15) is 26.3 Å². The Hall–Kier alpha value is -11.7. The monoisotopic (exact) mass is 1930 g/mol. The molecule has 0 unspecified atom stereocenters. The van der Waals surface area contributed by atoms with Crippen LogP contribution in [0.1, 0.15) is 174 Å². The highest BCUT2D eigenvalue weighted by Crippen LogP contribution is 2.47. The van der Waals surface area contributed by atoms with Gasteiger partial charge in [0.05, 0.1) is 46.9 Å². The highest BCUT2D eigenvalue weighted by molar-refractivity contribution is 7.22. The minimum Gasteiger partial charge on any atom is -0.491 e. The highest BCUT2D eigenvalue weighted by Gasteiger charge is 2.49. The molecule has 4 aromatic carbocycles. The molecule has 136 heavy (non-hydrogen) atoms. The number of nitrogen functional groups attached to an aromatic ring is 4. The summed E-state index contributed by atoms with van der Waals surface area (Å²) in [6, 6.07) is 35.4. The normalized spacial score (nSPS) is 23.4. The quantitative estimate of drug-likeness (QED) is 0.0508. The van der Waals surface area contributed by atoms with E-state index in [0.717, 1.165) is 126 Å². The second kappa shape index (κ2) is 38.7. The summed E-state index contributed by atoms with van der Waals surface area (Å²) in [7, 11) is 0. The van der Waals surface area contributed by atoms with Crippen LogP contribution in [0.4, 0.5) is 71.8 Å². The molecule has 4 saturated heterocycles. The topological polar surface area (TPSA) is 374 Å². The fourth-order valence-electron chi connectivity index (χ4n) is 21.4. The third kappa shape index (κ3) is 19.7. The zero-order valence-electron chi connectivity index (χ0n) is 76.1. The van der Waals surface area contributed by atoms with Crippen molar-refractivity contribution in [1.82, 2.24) is 41.2 Å². The number of aromatic nitrogens is 4. The molecule has 12 aromatic rings. The van der Waals surface area contributed by atoms with Gasteiger partial charge in [-0.1, -0.05) is 37.1 Å². The number of ether oxygens (including phenoxy) is 4. The minimum atomic E-state index is -4.34. The van der Waals surface area contributed by atoms with Crippen molar-refractivity contribution in [2.24, 2.45) is 23.3 Å². The van der Waals surface area contributed by atoms with E-state index >= 15 is 0 Å². The summed E-state index contributed by atoms with van der Waals surface area (Å²) in [5, 5.41) is 15.4. The van der Waals surface area contributed by atoms with E-state index in [4.69, 9.17) is 53.3 Å². The molecule has 16 heterocycles. The van der Waals surface area contributed by atoms with Crippen molar-refractivity contribution >= 4 is 155 Å². The summed E-state index contributed by atoms with van der Waals surface area (Å²) < 4.78 is 106. The molecule has 716 valence electrons. The van der Waals surface area contributed by atoms with E-state index in [9.17, 15) is 45.5 Å². The maximum absolute atomic E-state index is 13.6. The summed E-state index contributed by atoms with van der Waals surface area (Å²) in [6.07, 6.45) is 7.84. The number of thiophene rings is 4. The zero-order valence-corrected chi connectivity index (χ0v) is 79.3. The number of benzene rings is 4. The average Bonchev–Trinajstić information content (AvgIpc) is 0.941. The number of fused-ring (bicyclic) bond motifs is 10. The number of nitrogens with one attached hydrogen (secondary N) is 4. The Morgan fingerprint density at radius 1 is 0.353 bits per heavy atom. The highest BCUT2D eigenvalue weighted by atomic mass is 32.1. The van der Waals surface area contributed by atoms with E-state index < -0.39 is 24.4 Å². The van der Waals surface area contributed by atoms with Crippen molar-refractivity contribution in [2.45, 2.75) is 216 Å². The molecular formula is C100H112F6N18O8S4. The maximum atomic E-state index is 13.6. The first-order chi connectivity index (χ1) is 65.3. The van der Waals surface area contributed by atoms with Gasteiger partial charge >= 0.3 is 12.4 Å². The maximum Gasteiger partial charge on any atom is 0.408 e. The number of carbonyl (C=O) groups is 4. The number of piperidine rings is 4. The molecule has 26 nitrogen and oxygen atoms in total. The molecule has 4 amide bonds. The minimum absolute atomic E-state index is 0.0351. The third-order valence-corrected chi connectivity index (χ3v) is 32.7. The molecule has 0 spiro atoms. The predicted octanol–water partition coefficient (Wildman–Crippen LogP) is 16.9. The van der Waals surface area contributed by atoms with Crippen LogP contribution in [0, 0.1) is 39.5 Å². The van der Waals surface area contributed by atoms with Crippen LogP contribution in [0.25, 0.3) is 40.9 Å². The molecule has 2 saturated carbocycles. The number of alkyl halides is 6. The number of nitrogens with zero attached hydrogens (tertiary/aromatic N) is 8. The lowest BCUT2D eigenvalue weighted by molar-refractivity contribution is -0.153. The fourth-order valence-corrected chi connectivity index (χ4v) is 25.5. The molecule has 0 bridgehead atoms. The second-order valence-corrected chi connectivity index (χ2v) is 41.8. The Morgan fingerprint density at radius 3 is 0.890 bits per heavy atom. The molecule has 22 rings (SSSR count). The van der Waals surface area contributed by atoms with E-state index in [0.29, 0.717) is 126 Å². The molecule has 2 aliphatic carbocycles. The first-order valence-electron chi connectivity index (χ1n) is 46.9. The van der Waals surface area contributed by atoms with Crippen molar-refractivity contribution in [3.05, 3.63) is 186 Å². The van der Waals surface area contributed by atoms with Crippen LogP contribution in [0.5, 0.6) is 23.0 Å². The summed E-state index contributed by atoms with van der Waals surface area (Å²) in [5.41, 5.74) is 49.6. The number of aryl methyl sites for hydroxylation is 4. The Kier molecular flexibility index (Phi) is 26.6.